The highest BCUT2D eigenvalue weighted by Gasteiger charge is 2.17. The van der Waals surface area contributed by atoms with E-state index in [1.165, 1.54) is 29.5 Å². The molecule has 174 valence electrons. The third-order valence-corrected chi connectivity index (χ3v) is 5.95. The summed E-state index contributed by atoms with van der Waals surface area (Å²) in [5.74, 6) is -1.16. The number of hydrogen-bond donors (Lipinski definition) is 4. The molecule has 2 heterocycles. The molecule has 5 rings (SSSR count). The fourth-order valence-electron chi connectivity index (χ4n) is 3.53. The number of carbonyl (C=O) groups excluding carboxylic acids is 2. The first kappa shape index (κ1) is 22.2. The number of halogens is 2. The molecule has 10 heteroatoms. The van der Waals surface area contributed by atoms with Gasteiger partial charge in [-0.1, -0.05) is 30.3 Å². The summed E-state index contributed by atoms with van der Waals surface area (Å²) in [5.41, 5.74) is 2.06. The number of para-hydroxylation sites is 1. The maximum Gasteiger partial charge on any atom is 0.323 e. The predicted molar refractivity (Wildman–Crippen MR) is 133 cm³/mol. The van der Waals surface area contributed by atoms with E-state index in [0.29, 0.717) is 27.8 Å². The Morgan fingerprint density at radius 1 is 0.886 bits per heavy atom. The Bertz CT molecular complexity index is 1530. The molecule has 3 aromatic carbocycles. The highest BCUT2D eigenvalue weighted by molar-refractivity contribution is 7.08. The van der Waals surface area contributed by atoms with Crippen LogP contribution in [0.25, 0.3) is 22.0 Å². The van der Waals surface area contributed by atoms with Crippen LogP contribution >= 0.6 is 11.3 Å². The van der Waals surface area contributed by atoms with E-state index in [2.05, 4.69) is 26.1 Å². The lowest BCUT2D eigenvalue weighted by Crippen LogP contribution is -2.20. The number of fused-ring (bicyclic) bond motifs is 1. The number of rotatable bonds is 5. The molecule has 0 radical (unpaired) electrons. The second-order valence-corrected chi connectivity index (χ2v) is 8.30. The summed E-state index contributed by atoms with van der Waals surface area (Å²) in [5, 5.41) is 18.4. The maximum absolute atomic E-state index is 15.3. The zero-order valence-electron chi connectivity index (χ0n) is 17.9. The van der Waals surface area contributed by atoms with Gasteiger partial charge in [0, 0.05) is 22.0 Å². The van der Waals surface area contributed by atoms with Crippen molar-refractivity contribution in [3.8, 4) is 11.1 Å². The molecule has 5 aromatic rings. The van der Waals surface area contributed by atoms with Crippen LogP contribution in [0, 0.1) is 11.6 Å². The number of hydrogen-bond acceptors (Lipinski definition) is 4. The van der Waals surface area contributed by atoms with Gasteiger partial charge >= 0.3 is 6.03 Å². The van der Waals surface area contributed by atoms with Gasteiger partial charge in [-0.05, 0) is 47.3 Å². The number of carbonyl (C=O) groups is 2. The van der Waals surface area contributed by atoms with Crippen molar-refractivity contribution >= 4 is 51.4 Å². The smallest absolute Gasteiger partial charge is 0.308 e. The van der Waals surface area contributed by atoms with E-state index in [1.807, 2.05) is 0 Å². The van der Waals surface area contributed by atoms with E-state index in [9.17, 15) is 14.0 Å². The quantitative estimate of drug-likeness (QED) is 0.228. The lowest BCUT2D eigenvalue weighted by atomic mass is 10.0. The number of benzene rings is 3. The number of nitrogens with one attached hydrogen (secondary N) is 4. The number of anilines is 3. The summed E-state index contributed by atoms with van der Waals surface area (Å²) in [6, 6.07) is 16.7. The number of thiophene rings is 1. The second kappa shape index (κ2) is 9.35. The molecule has 0 unspecified atom stereocenters. The van der Waals surface area contributed by atoms with Crippen LogP contribution in [0.15, 0.2) is 77.5 Å². The van der Waals surface area contributed by atoms with Gasteiger partial charge in [-0.15, -0.1) is 0 Å². The van der Waals surface area contributed by atoms with Crippen molar-refractivity contribution in [3.63, 3.8) is 0 Å². The number of nitrogens with zero attached hydrogens (tertiary/aromatic N) is 1. The summed E-state index contributed by atoms with van der Waals surface area (Å²) in [4.78, 5) is 24.5. The topological polar surface area (TPSA) is 98.9 Å². The van der Waals surface area contributed by atoms with Gasteiger partial charge < -0.3 is 16.0 Å². The molecule has 35 heavy (non-hydrogen) atoms. The van der Waals surface area contributed by atoms with E-state index in [4.69, 9.17) is 0 Å². The van der Waals surface area contributed by atoms with E-state index >= 15 is 4.39 Å². The van der Waals surface area contributed by atoms with Gasteiger partial charge in [0.05, 0.1) is 11.3 Å². The van der Waals surface area contributed by atoms with Crippen LogP contribution in [-0.2, 0) is 0 Å². The SMILES string of the molecule is O=C(Nc1ccc(-c2ccc3c(NC(=O)c4ccsc4)n[nH]c3c2F)cc1)Nc1ccccc1F. The highest BCUT2D eigenvalue weighted by Crippen LogP contribution is 2.31. The van der Waals surface area contributed by atoms with E-state index in [1.54, 1.807) is 59.3 Å². The van der Waals surface area contributed by atoms with Crippen molar-refractivity contribution in [2.45, 2.75) is 0 Å². The number of urea groups is 1. The molecule has 0 bridgehead atoms. The average Bonchev–Trinajstić information content (AvgIpc) is 3.53. The van der Waals surface area contributed by atoms with Crippen LogP contribution < -0.4 is 16.0 Å². The second-order valence-electron chi connectivity index (χ2n) is 7.52. The van der Waals surface area contributed by atoms with Crippen LogP contribution in [0.5, 0.6) is 0 Å². The van der Waals surface area contributed by atoms with E-state index < -0.39 is 17.7 Å². The minimum atomic E-state index is -0.607. The first-order valence-corrected chi connectivity index (χ1v) is 11.4. The molecule has 0 spiro atoms. The molecule has 0 saturated heterocycles. The number of H-pyrrole nitrogens is 1. The Balaban J connectivity index is 1.32. The molecule has 4 N–H and O–H groups in total. The standard InChI is InChI=1S/C25H17F2N5O2S/c26-19-3-1-2-4-20(19)29-25(34)28-16-7-5-14(6-8-16)17-9-10-18-22(21(17)27)31-32-23(18)30-24(33)15-11-12-35-13-15/h1-13H,(H2,28,29,34)(H2,30,31,32,33). The Morgan fingerprint density at radius 3 is 2.43 bits per heavy atom. The third-order valence-electron chi connectivity index (χ3n) is 5.27. The molecule has 0 fully saturated rings. The predicted octanol–water partition coefficient (Wildman–Crippen LogP) is 6.47. The summed E-state index contributed by atoms with van der Waals surface area (Å²) in [6.07, 6.45) is 0. The molecule has 0 aliphatic heterocycles. The number of amides is 3. The molecular weight excluding hydrogens is 472 g/mol. The van der Waals surface area contributed by atoms with Gasteiger partial charge in [-0.3, -0.25) is 9.89 Å². The van der Waals surface area contributed by atoms with Crippen LogP contribution in [0.2, 0.25) is 0 Å². The summed E-state index contributed by atoms with van der Waals surface area (Å²) < 4.78 is 29.0. The minimum Gasteiger partial charge on any atom is -0.308 e. The largest absolute Gasteiger partial charge is 0.323 e. The molecule has 0 saturated carbocycles. The van der Waals surface area contributed by atoms with Crippen molar-refractivity contribution < 1.29 is 18.4 Å². The first-order valence-electron chi connectivity index (χ1n) is 10.4. The van der Waals surface area contributed by atoms with Crippen molar-refractivity contribution in [3.05, 3.63) is 94.7 Å². The van der Waals surface area contributed by atoms with Crippen molar-refractivity contribution in [1.82, 2.24) is 10.2 Å². The van der Waals surface area contributed by atoms with Gasteiger partial charge in [0.1, 0.15) is 11.3 Å². The Morgan fingerprint density at radius 2 is 1.69 bits per heavy atom. The van der Waals surface area contributed by atoms with Crippen LogP contribution in [0.1, 0.15) is 10.4 Å². The average molecular weight is 490 g/mol. The Kier molecular flexibility index (Phi) is 5.94. The summed E-state index contributed by atoms with van der Waals surface area (Å²) >= 11 is 1.40. The van der Waals surface area contributed by atoms with E-state index in [0.717, 1.165) is 0 Å². The highest BCUT2D eigenvalue weighted by atomic mass is 32.1. The zero-order chi connectivity index (χ0) is 24.4. The third kappa shape index (κ3) is 4.59. The zero-order valence-corrected chi connectivity index (χ0v) is 18.7. The number of aromatic amines is 1. The lowest BCUT2D eigenvalue weighted by molar-refractivity contribution is 0.102. The van der Waals surface area contributed by atoms with E-state index in [-0.39, 0.29) is 22.9 Å². The van der Waals surface area contributed by atoms with Crippen LogP contribution in [0.3, 0.4) is 0 Å². The van der Waals surface area contributed by atoms with Crippen molar-refractivity contribution in [1.29, 1.82) is 0 Å². The fraction of sp³-hybridized carbons (Fsp3) is 0. The molecule has 2 aromatic heterocycles. The van der Waals surface area contributed by atoms with Gasteiger partial charge in [-0.25, -0.2) is 13.6 Å². The van der Waals surface area contributed by atoms with Crippen LogP contribution in [-0.4, -0.2) is 22.1 Å². The Labute approximate surface area is 201 Å². The first-order chi connectivity index (χ1) is 17.0. The Hall–Kier alpha value is -4.57. The maximum atomic E-state index is 15.3. The lowest BCUT2D eigenvalue weighted by Gasteiger charge is -2.10. The van der Waals surface area contributed by atoms with Crippen molar-refractivity contribution in [2.24, 2.45) is 0 Å². The molecule has 0 aliphatic rings. The van der Waals surface area contributed by atoms with Gasteiger partial charge in [-0.2, -0.15) is 16.4 Å². The molecule has 3 amide bonds. The van der Waals surface area contributed by atoms with Gasteiger partial charge in [0.25, 0.3) is 5.91 Å². The molecular formula is C25H17F2N5O2S. The monoisotopic (exact) mass is 489 g/mol. The fourth-order valence-corrected chi connectivity index (χ4v) is 4.16. The normalized spacial score (nSPS) is 10.8. The van der Waals surface area contributed by atoms with Gasteiger partial charge in [0.2, 0.25) is 0 Å². The molecule has 0 atom stereocenters. The van der Waals surface area contributed by atoms with Gasteiger partial charge in [0.15, 0.2) is 11.6 Å². The summed E-state index contributed by atoms with van der Waals surface area (Å²) in [7, 11) is 0. The minimum absolute atomic E-state index is 0.0578. The molecule has 0 aliphatic carbocycles. The van der Waals surface area contributed by atoms with Crippen LogP contribution in [0.4, 0.5) is 30.8 Å². The van der Waals surface area contributed by atoms with Crippen molar-refractivity contribution in [2.75, 3.05) is 16.0 Å². The summed E-state index contributed by atoms with van der Waals surface area (Å²) in [6.45, 7) is 0. The number of aromatic nitrogens is 2. The molecule has 7 nitrogen and oxygen atoms in total.